The van der Waals surface area contributed by atoms with Gasteiger partial charge in [-0.3, -0.25) is 4.79 Å². The summed E-state index contributed by atoms with van der Waals surface area (Å²) in [5, 5.41) is 6.15. The second kappa shape index (κ2) is 9.42. The van der Waals surface area contributed by atoms with Gasteiger partial charge in [0, 0.05) is 30.3 Å². The van der Waals surface area contributed by atoms with Crippen LogP contribution in [0, 0.1) is 0 Å². The number of halogens is 2. The average Bonchev–Trinajstić information content (AvgIpc) is 2.70. The molecule has 0 radical (unpaired) electrons. The Morgan fingerprint density at radius 3 is 2.67 bits per heavy atom. The maximum atomic E-state index is 11.9. The van der Waals surface area contributed by atoms with Gasteiger partial charge in [0.25, 0.3) is 5.91 Å². The van der Waals surface area contributed by atoms with E-state index in [4.69, 9.17) is 0 Å². The van der Waals surface area contributed by atoms with Crippen LogP contribution in [-0.2, 0) is 6.54 Å². The Bertz CT molecular complexity index is 368. The van der Waals surface area contributed by atoms with Crippen molar-refractivity contribution in [3.05, 3.63) is 22.4 Å². The van der Waals surface area contributed by atoms with Gasteiger partial charge in [0.05, 0.1) is 0 Å². The molecule has 0 bridgehead atoms. The summed E-state index contributed by atoms with van der Waals surface area (Å²) in [6.07, 6.45) is 3.03. The van der Waals surface area contributed by atoms with E-state index in [9.17, 15) is 4.79 Å². The topological polar surface area (TPSA) is 46.1 Å². The van der Waals surface area contributed by atoms with Crippen LogP contribution in [-0.4, -0.2) is 30.1 Å². The lowest BCUT2D eigenvalue weighted by molar-refractivity contribution is 0.0945. The van der Waals surface area contributed by atoms with Crippen LogP contribution in [0.3, 0.4) is 0 Å². The number of amides is 1. The molecule has 0 aromatic carbocycles. The van der Waals surface area contributed by atoms with Gasteiger partial charge >= 0.3 is 0 Å². The predicted octanol–water partition coefficient (Wildman–Crippen LogP) is 2.42. The molecule has 0 spiro atoms. The van der Waals surface area contributed by atoms with Gasteiger partial charge in [-0.05, 0) is 41.9 Å². The van der Waals surface area contributed by atoms with Crippen LogP contribution in [0.5, 0.6) is 0 Å². The molecule has 0 saturated heterocycles. The zero-order chi connectivity index (χ0) is 12.7. The lowest BCUT2D eigenvalue weighted by atomic mass is 10.4. The van der Waals surface area contributed by atoms with E-state index in [1.54, 1.807) is 0 Å². The quantitative estimate of drug-likeness (QED) is 0.750. The minimum absolute atomic E-state index is 0. The molecule has 0 unspecified atom stereocenters. The van der Waals surface area contributed by atoms with E-state index in [1.807, 2.05) is 23.8 Å². The molecular weight excluding hydrogens is 318 g/mol. The Morgan fingerprint density at radius 1 is 1.33 bits per heavy atom. The molecule has 6 heteroatoms. The number of hydrogen-bond acceptors (Lipinski definition) is 2. The molecule has 2 N–H and O–H groups in total. The Labute approximate surface area is 123 Å². The van der Waals surface area contributed by atoms with Crippen LogP contribution in [0.4, 0.5) is 0 Å². The lowest BCUT2D eigenvalue weighted by Gasteiger charge is -2.08. The van der Waals surface area contributed by atoms with E-state index in [0.29, 0.717) is 12.2 Å². The highest BCUT2D eigenvalue weighted by molar-refractivity contribution is 9.10. The fraction of sp³-hybridized carbons (Fsp3) is 0.583. The van der Waals surface area contributed by atoms with Crippen molar-refractivity contribution in [3.63, 3.8) is 0 Å². The molecule has 1 aromatic heterocycles. The van der Waals surface area contributed by atoms with Crippen molar-refractivity contribution in [3.8, 4) is 0 Å². The minimum atomic E-state index is -0.0177. The van der Waals surface area contributed by atoms with Gasteiger partial charge in [-0.1, -0.05) is 6.92 Å². The number of aromatic nitrogens is 1. The molecule has 0 aliphatic rings. The molecule has 0 aliphatic carbocycles. The van der Waals surface area contributed by atoms with Crippen molar-refractivity contribution >= 4 is 34.2 Å². The van der Waals surface area contributed by atoms with Gasteiger partial charge in [-0.15, -0.1) is 12.4 Å². The molecule has 4 nitrogen and oxygen atoms in total. The molecule has 1 rings (SSSR count). The van der Waals surface area contributed by atoms with Crippen LogP contribution >= 0.6 is 28.3 Å². The summed E-state index contributed by atoms with van der Waals surface area (Å²) in [4.78, 5) is 11.9. The molecule has 1 heterocycles. The highest BCUT2D eigenvalue weighted by Gasteiger charge is 2.11. The predicted molar refractivity (Wildman–Crippen MR) is 80.5 cm³/mol. The number of carbonyl (C=O) groups is 1. The van der Waals surface area contributed by atoms with Gasteiger partial charge in [-0.2, -0.15) is 0 Å². The van der Waals surface area contributed by atoms with Crippen molar-refractivity contribution in [2.75, 3.05) is 19.6 Å². The first-order chi connectivity index (χ1) is 8.19. The summed E-state index contributed by atoms with van der Waals surface area (Å²) in [7, 11) is 0. The summed E-state index contributed by atoms with van der Waals surface area (Å²) < 4.78 is 2.87. The molecule has 104 valence electrons. The van der Waals surface area contributed by atoms with Gasteiger partial charge in [0.15, 0.2) is 0 Å². The monoisotopic (exact) mass is 337 g/mol. The van der Waals surface area contributed by atoms with E-state index >= 15 is 0 Å². The molecule has 1 aromatic rings. The zero-order valence-electron chi connectivity index (χ0n) is 10.8. The average molecular weight is 339 g/mol. The summed E-state index contributed by atoms with van der Waals surface area (Å²) >= 11 is 3.38. The Hall–Kier alpha value is -0.520. The third kappa shape index (κ3) is 5.42. The second-order valence-corrected chi connectivity index (χ2v) is 4.75. The van der Waals surface area contributed by atoms with Crippen molar-refractivity contribution < 1.29 is 4.79 Å². The smallest absolute Gasteiger partial charge is 0.267 e. The SMILES string of the molecule is CCCNCCNC(=O)c1cc(Br)cn1CC.Cl. The molecule has 18 heavy (non-hydrogen) atoms. The van der Waals surface area contributed by atoms with Crippen molar-refractivity contribution in [1.82, 2.24) is 15.2 Å². The summed E-state index contributed by atoms with van der Waals surface area (Å²) in [5.74, 6) is -0.0177. The molecule has 0 saturated carbocycles. The van der Waals surface area contributed by atoms with Gasteiger partial charge in [0.1, 0.15) is 5.69 Å². The van der Waals surface area contributed by atoms with E-state index < -0.39 is 0 Å². The summed E-state index contributed by atoms with van der Waals surface area (Å²) in [6, 6.07) is 1.85. The maximum Gasteiger partial charge on any atom is 0.267 e. The largest absolute Gasteiger partial charge is 0.349 e. The van der Waals surface area contributed by atoms with E-state index in [2.05, 4.69) is 33.5 Å². The number of carbonyl (C=O) groups excluding carboxylic acids is 1. The Morgan fingerprint density at radius 2 is 2.06 bits per heavy atom. The van der Waals surface area contributed by atoms with Crippen LogP contribution < -0.4 is 10.6 Å². The number of aryl methyl sites for hydroxylation is 1. The lowest BCUT2D eigenvalue weighted by Crippen LogP contribution is -2.33. The van der Waals surface area contributed by atoms with Gasteiger partial charge in [0.2, 0.25) is 0 Å². The number of nitrogens with one attached hydrogen (secondary N) is 2. The van der Waals surface area contributed by atoms with Crippen molar-refractivity contribution in [2.24, 2.45) is 0 Å². The van der Waals surface area contributed by atoms with Crippen LogP contribution in [0.1, 0.15) is 30.8 Å². The van der Waals surface area contributed by atoms with E-state index in [1.165, 1.54) is 0 Å². The Balaban J connectivity index is 0.00000289. The Kier molecular flexibility index (Phi) is 9.14. The molecule has 0 aliphatic heterocycles. The summed E-state index contributed by atoms with van der Waals surface area (Å²) in [6.45, 7) is 7.40. The maximum absolute atomic E-state index is 11.9. The fourth-order valence-corrected chi connectivity index (χ4v) is 2.05. The van der Waals surface area contributed by atoms with Gasteiger partial charge in [-0.25, -0.2) is 0 Å². The van der Waals surface area contributed by atoms with Gasteiger partial charge < -0.3 is 15.2 Å². The van der Waals surface area contributed by atoms with Crippen LogP contribution in [0.15, 0.2) is 16.7 Å². The van der Waals surface area contributed by atoms with E-state index in [-0.39, 0.29) is 18.3 Å². The summed E-state index contributed by atoms with van der Waals surface area (Å²) in [5.41, 5.74) is 0.704. The van der Waals surface area contributed by atoms with Crippen LogP contribution in [0.2, 0.25) is 0 Å². The third-order valence-corrected chi connectivity index (χ3v) is 2.88. The van der Waals surface area contributed by atoms with Crippen LogP contribution in [0.25, 0.3) is 0 Å². The normalized spacial score (nSPS) is 9.94. The first-order valence-corrected chi connectivity index (χ1v) is 6.83. The number of rotatable bonds is 7. The molecule has 0 fully saturated rings. The number of nitrogens with zero attached hydrogens (tertiary/aromatic N) is 1. The highest BCUT2D eigenvalue weighted by atomic mass is 79.9. The van der Waals surface area contributed by atoms with E-state index in [0.717, 1.165) is 30.5 Å². The minimum Gasteiger partial charge on any atom is -0.349 e. The van der Waals surface area contributed by atoms with Crippen molar-refractivity contribution in [1.29, 1.82) is 0 Å². The standard InChI is InChI=1S/C12H20BrN3O.ClH/c1-3-5-14-6-7-15-12(17)11-8-10(13)9-16(11)4-2;/h8-9,14H,3-7H2,1-2H3,(H,15,17);1H. The third-order valence-electron chi connectivity index (χ3n) is 2.45. The molecule has 1 amide bonds. The van der Waals surface area contributed by atoms with Crippen molar-refractivity contribution in [2.45, 2.75) is 26.8 Å². The fourth-order valence-electron chi connectivity index (χ4n) is 1.58. The highest BCUT2D eigenvalue weighted by Crippen LogP contribution is 2.14. The second-order valence-electron chi connectivity index (χ2n) is 3.84. The first-order valence-electron chi connectivity index (χ1n) is 6.03. The number of hydrogen-bond donors (Lipinski definition) is 2. The molecular formula is C12H21BrClN3O. The zero-order valence-corrected chi connectivity index (χ0v) is 13.2. The first kappa shape index (κ1) is 17.5. The molecule has 0 atom stereocenters.